The van der Waals surface area contributed by atoms with Crippen molar-refractivity contribution in [1.82, 2.24) is 0 Å². The van der Waals surface area contributed by atoms with Crippen molar-refractivity contribution in [3.63, 3.8) is 0 Å². The molecule has 0 spiro atoms. The molecule has 0 unspecified atom stereocenters. The Morgan fingerprint density at radius 1 is 0.500 bits per heavy atom. The van der Waals surface area contributed by atoms with E-state index < -0.39 is 41.5 Å². The van der Waals surface area contributed by atoms with E-state index in [1.807, 2.05) is 180 Å². The van der Waals surface area contributed by atoms with E-state index in [4.69, 9.17) is 18.8 Å². The molecule has 1 aliphatic rings. The predicted octanol–water partition coefficient (Wildman–Crippen LogP) is 12.8. The van der Waals surface area contributed by atoms with E-state index in [9.17, 15) is 19.2 Å². The number of aryl methyl sites for hydroxylation is 2. The summed E-state index contributed by atoms with van der Waals surface area (Å²) in [5.41, 5.74) is 6.19. The lowest BCUT2D eigenvalue weighted by Gasteiger charge is -2.32. The normalized spacial score (nSPS) is 14.0. The molecule has 0 aromatic heterocycles. The van der Waals surface area contributed by atoms with Gasteiger partial charge in [0.15, 0.2) is 0 Å². The molecule has 1 saturated heterocycles. The zero-order valence-electron chi connectivity index (χ0n) is 40.9. The first-order valence-electron chi connectivity index (χ1n) is 22.5. The number of anilines is 2. The maximum Gasteiger partial charge on any atom is 0.494 e. The van der Waals surface area contributed by atoms with Crippen molar-refractivity contribution in [2.24, 2.45) is 0 Å². The van der Waals surface area contributed by atoms with Gasteiger partial charge in [0, 0.05) is 15.6 Å². The highest BCUT2D eigenvalue weighted by Crippen LogP contribution is 2.37. The number of hydrogen-bond donors (Lipinski definition) is 2. The van der Waals surface area contributed by atoms with Crippen molar-refractivity contribution in [2.75, 3.05) is 10.6 Å². The van der Waals surface area contributed by atoms with Crippen LogP contribution in [0.25, 0.3) is 22.3 Å². The first-order valence-corrected chi connectivity index (χ1v) is 23.3. The third-order valence-corrected chi connectivity index (χ3v) is 12.0. The van der Waals surface area contributed by atoms with Gasteiger partial charge >= 0.3 is 19.1 Å². The fraction of sp³-hybridized carbons (Fsp3) is 0.286. The average molecular weight is 980 g/mol. The summed E-state index contributed by atoms with van der Waals surface area (Å²) < 4.78 is 24.4. The van der Waals surface area contributed by atoms with Gasteiger partial charge in [0.05, 0.1) is 33.7 Å². The monoisotopic (exact) mass is 978 g/mol. The second kappa shape index (κ2) is 20.5. The van der Waals surface area contributed by atoms with Crippen LogP contribution in [0.5, 0.6) is 0 Å². The molecular weight excluding hydrogens is 919 g/mol. The summed E-state index contributed by atoms with van der Waals surface area (Å²) >= 11 is 3.41. The Hall–Kier alpha value is -6.34. The topological polar surface area (TPSA) is 129 Å². The van der Waals surface area contributed by atoms with Crippen LogP contribution in [-0.4, -0.2) is 53.3 Å². The Kier molecular flexibility index (Phi) is 15.4. The standard InChI is InChI=1S/C31H36BNO5.C25H24BrNO3/c1-20-14-16-23(32-37-30(5,6)31(7,8)38-32)19-25(20)27(34)33-26-18-22(21-12-10-9-11-13-21)15-17-24(26)28(35)36-29(2,3)4;1-16-10-12-19(26)15-21(16)23(28)27-22-14-18(17-8-6-5-7-9-17)11-13-20(22)24(29)30-25(2,3)4/h9-19H,1-8H3,(H,33,34);5-15H,1-4H3,(H,27,28). The number of esters is 2. The maximum atomic E-state index is 13.6. The molecule has 0 atom stereocenters. The van der Waals surface area contributed by atoms with Crippen molar-refractivity contribution in [2.45, 2.75) is 105 Å². The number of carbonyl (C=O) groups is 4. The minimum atomic E-state index is -0.676. The van der Waals surface area contributed by atoms with Crippen LogP contribution in [0, 0.1) is 13.8 Å². The molecule has 0 aliphatic carbocycles. The number of rotatable bonds is 9. The highest BCUT2D eigenvalue weighted by molar-refractivity contribution is 9.10. The number of ether oxygens (including phenoxy) is 2. The van der Waals surface area contributed by atoms with Crippen LogP contribution in [0.3, 0.4) is 0 Å². The van der Waals surface area contributed by atoms with E-state index in [0.29, 0.717) is 28.1 Å². The molecule has 10 nitrogen and oxygen atoms in total. The summed E-state index contributed by atoms with van der Waals surface area (Å²) in [5.74, 6) is -1.61. The summed E-state index contributed by atoms with van der Waals surface area (Å²) in [6.45, 7) is 22.6. The Labute approximate surface area is 409 Å². The van der Waals surface area contributed by atoms with Gasteiger partial charge in [-0.1, -0.05) is 107 Å². The minimum Gasteiger partial charge on any atom is -0.456 e. The summed E-state index contributed by atoms with van der Waals surface area (Å²) in [6.07, 6.45) is 0. The molecule has 2 amide bonds. The molecule has 12 heteroatoms. The molecule has 0 radical (unpaired) electrons. The van der Waals surface area contributed by atoms with E-state index in [1.54, 1.807) is 36.4 Å². The minimum absolute atomic E-state index is 0.285. The van der Waals surface area contributed by atoms with E-state index in [0.717, 1.165) is 43.3 Å². The predicted molar refractivity (Wildman–Crippen MR) is 276 cm³/mol. The van der Waals surface area contributed by atoms with Crippen LogP contribution in [0.4, 0.5) is 11.4 Å². The Morgan fingerprint density at radius 3 is 1.31 bits per heavy atom. The molecule has 0 bridgehead atoms. The molecule has 352 valence electrons. The summed E-state index contributed by atoms with van der Waals surface area (Å²) in [6, 6.07) is 41.4. The van der Waals surface area contributed by atoms with Crippen LogP contribution in [0.1, 0.15) is 122 Å². The number of benzene rings is 6. The van der Waals surface area contributed by atoms with Gasteiger partial charge in [-0.2, -0.15) is 0 Å². The largest absolute Gasteiger partial charge is 0.494 e. The fourth-order valence-corrected chi connectivity index (χ4v) is 7.53. The second-order valence-corrected chi connectivity index (χ2v) is 20.7. The molecule has 7 rings (SSSR count). The smallest absolute Gasteiger partial charge is 0.456 e. The third kappa shape index (κ3) is 12.8. The van der Waals surface area contributed by atoms with E-state index >= 15 is 0 Å². The maximum absolute atomic E-state index is 13.6. The van der Waals surface area contributed by atoms with Crippen LogP contribution in [0.2, 0.25) is 0 Å². The Bertz CT molecular complexity index is 2810. The molecule has 1 fully saturated rings. The second-order valence-electron chi connectivity index (χ2n) is 19.8. The molecule has 2 N–H and O–H groups in total. The number of carbonyl (C=O) groups excluding carboxylic acids is 4. The number of hydrogen-bond acceptors (Lipinski definition) is 8. The molecule has 68 heavy (non-hydrogen) atoms. The van der Waals surface area contributed by atoms with Crippen LogP contribution < -0.4 is 16.1 Å². The van der Waals surface area contributed by atoms with Crippen molar-refractivity contribution in [3.8, 4) is 22.3 Å². The van der Waals surface area contributed by atoms with Crippen molar-refractivity contribution in [1.29, 1.82) is 0 Å². The molecule has 6 aromatic rings. The third-order valence-electron chi connectivity index (χ3n) is 11.5. The quantitative estimate of drug-likeness (QED) is 0.108. The lowest BCUT2D eigenvalue weighted by molar-refractivity contribution is 0.00578. The van der Waals surface area contributed by atoms with E-state index in [-0.39, 0.29) is 17.4 Å². The zero-order valence-corrected chi connectivity index (χ0v) is 42.5. The summed E-state index contributed by atoms with van der Waals surface area (Å²) in [7, 11) is -0.592. The average Bonchev–Trinajstić information content (AvgIpc) is 3.49. The lowest BCUT2D eigenvalue weighted by atomic mass is 9.77. The van der Waals surface area contributed by atoms with Crippen LogP contribution >= 0.6 is 15.9 Å². The number of halogens is 1. The molecular formula is C56H60BBrN2O8. The number of amides is 2. The van der Waals surface area contributed by atoms with Gasteiger partial charge in [-0.25, -0.2) is 9.59 Å². The molecule has 6 aromatic carbocycles. The van der Waals surface area contributed by atoms with E-state index in [2.05, 4.69) is 26.6 Å². The van der Waals surface area contributed by atoms with Gasteiger partial charge < -0.3 is 29.4 Å². The van der Waals surface area contributed by atoms with Crippen LogP contribution in [-0.2, 0) is 18.8 Å². The zero-order chi connectivity index (χ0) is 49.8. The highest BCUT2D eigenvalue weighted by Gasteiger charge is 2.51. The Balaban J connectivity index is 0.000000230. The highest BCUT2D eigenvalue weighted by atomic mass is 79.9. The molecule has 1 heterocycles. The van der Waals surface area contributed by atoms with Gasteiger partial charge in [0.1, 0.15) is 11.2 Å². The summed E-state index contributed by atoms with van der Waals surface area (Å²) in [4.78, 5) is 52.5. The first kappa shape index (κ1) is 51.1. The van der Waals surface area contributed by atoms with Gasteiger partial charge in [-0.3, -0.25) is 9.59 Å². The number of nitrogens with one attached hydrogen (secondary N) is 2. The van der Waals surface area contributed by atoms with Crippen LogP contribution in [0.15, 0.2) is 138 Å². The van der Waals surface area contributed by atoms with Crippen molar-refractivity contribution >= 4 is 63.6 Å². The first-order chi connectivity index (χ1) is 31.8. The Morgan fingerprint density at radius 2 is 0.897 bits per heavy atom. The lowest BCUT2D eigenvalue weighted by Crippen LogP contribution is -2.41. The van der Waals surface area contributed by atoms with Gasteiger partial charge in [-0.05, 0) is 164 Å². The van der Waals surface area contributed by atoms with Gasteiger partial charge in [0.2, 0.25) is 0 Å². The molecule has 1 aliphatic heterocycles. The molecule has 0 saturated carbocycles. The van der Waals surface area contributed by atoms with Crippen molar-refractivity contribution in [3.05, 3.63) is 171 Å². The summed E-state index contributed by atoms with van der Waals surface area (Å²) in [5, 5.41) is 5.88. The SMILES string of the molecule is Cc1ccc(B2OC(C)(C)C(C)(C)O2)cc1C(=O)Nc1cc(-c2ccccc2)ccc1C(=O)OC(C)(C)C.Cc1ccc(Br)cc1C(=O)Nc1cc(-c2ccccc2)ccc1C(=O)OC(C)(C)C. The van der Waals surface area contributed by atoms with Crippen molar-refractivity contribution < 1.29 is 38.0 Å². The van der Waals surface area contributed by atoms with E-state index in [1.165, 1.54) is 0 Å². The van der Waals surface area contributed by atoms with Gasteiger partial charge in [-0.15, -0.1) is 0 Å². The fourth-order valence-electron chi connectivity index (χ4n) is 7.17. The van der Waals surface area contributed by atoms with Gasteiger partial charge in [0.25, 0.3) is 11.8 Å².